The normalized spacial score (nSPS) is 13.8. The Labute approximate surface area is 123 Å². The van der Waals surface area contributed by atoms with Crippen LogP contribution in [0.1, 0.15) is 40.2 Å². The monoisotopic (exact) mass is 286 g/mol. The van der Waals surface area contributed by atoms with Crippen molar-refractivity contribution in [2.75, 3.05) is 7.11 Å². The van der Waals surface area contributed by atoms with Gasteiger partial charge in [-0.1, -0.05) is 6.07 Å². The molecule has 0 saturated heterocycles. The summed E-state index contributed by atoms with van der Waals surface area (Å²) in [5.41, 5.74) is 3.62. The van der Waals surface area contributed by atoms with Crippen LogP contribution in [0.3, 0.4) is 0 Å². The quantitative estimate of drug-likeness (QED) is 0.938. The summed E-state index contributed by atoms with van der Waals surface area (Å²) >= 11 is 0. The smallest absolute Gasteiger partial charge is 0.339 e. The number of benzene rings is 1. The number of carboxylic acid groups (broad SMARTS) is 1. The molecule has 2 aromatic rings. The van der Waals surface area contributed by atoms with E-state index in [4.69, 9.17) is 4.74 Å². The zero-order chi connectivity index (χ0) is 14.8. The standard InChI is InChI=1S/C16H18N2O3/c1-21-15-7-6-11(8-12(15)16(19)20)9-18-10-17-13-4-2-3-5-14(13)18/h6-8,10H,2-5,9H2,1H3,(H,19,20). The average Bonchev–Trinajstić information content (AvgIpc) is 2.90. The molecule has 1 heterocycles. The van der Waals surface area contributed by atoms with Gasteiger partial charge >= 0.3 is 5.97 Å². The molecule has 3 rings (SSSR count). The van der Waals surface area contributed by atoms with Crippen LogP contribution < -0.4 is 4.74 Å². The Kier molecular flexibility index (Phi) is 3.64. The molecule has 0 fully saturated rings. The minimum atomic E-state index is -0.971. The molecule has 0 saturated carbocycles. The van der Waals surface area contributed by atoms with E-state index in [1.54, 1.807) is 12.1 Å². The minimum Gasteiger partial charge on any atom is -0.496 e. The number of fused-ring (bicyclic) bond motifs is 1. The fourth-order valence-corrected chi connectivity index (χ4v) is 2.88. The van der Waals surface area contributed by atoms with E-state index in [-0.39, 0.29) is 5.56 Å². The van der Waals surface area contributed by atoms with Gasteiger partial charge in [0.1, 0.15) is 11.3 Å². The largest absolute Gasteiger partial charge is 0.496 e. The van der Waals surface area contributed by atoms with E-state index < -0.39 is 5.97 Å². The van der Waals surface area contributed by atoms with Gasteiger partial charge in [-0.3, -0.25) is 0 Å². The second kappa shape index (κ2) is 5.60. The molecule has 1 aliphatic carbocycles. The highest BCUT2D eigenvalue weighted by molar-refractivity contribution is 5.91. The molecule has 1 aromatic carbocycles. The van der Waals surface area contributed by atoms with Gasteiger partial charge in [0.2, 0.25) is 0 Å². The van der Waals surface area contributed by atoms with Crippen LogP contribution >= 0.6 is 0 Å². The van der Waals surface area contributed by atoms with E-state index >= 15 is 0 Å². The molecule has 0 aliphatic heterocycles. The molecule has 21 heavy (non-hydrogen) atoms. The Balaban J connectivity index is 1.90. The molecule has 0 radical (unpaired) electrons. The van der Waals surface area contributed by atoms with Crippen LogP contribution in [0.4, 0.5) is 0 Å². The first-order valence-corrected chi connectivity index (χ1v) is 7.12. The number of imidazole rings is 1. The molecule has 0 spiro atoms. The van der Waals surface area contributed by atoms with E-state index in [0.29, 0.717) is 12.3 Å². The Morgan fingerprint density at radius 1 is 1.38 bits per heavy atom. The molecule has 0 unspecified atom stereocenters. The number of carbonyl (C=O) groups is 1. The van der Waals surface area contributed by atoms with Gasteiger partial charge in [0.25, 0.3) is 0 Å². The third-order valence-electron chi connectivity index (χ3n) is 3.96. The topological polar surface area (TPSA) is 64.4 Å². The van der Waals surface area contributed by atoms with Gasteiger partial charge in [-0.15, -0.1) is 0 Å². The van der Waals surface area contributed by atoms with E-state index in [1.807, 2.05) is 12.4 Å². The summed E-state index contributed by atoms with van der Waals surface area (Å²) in [6.07, 6.45) is 6.36. The van der Waals surface area contributed by atoms with Crippen molar-refractivity contribution in [3.05, 3.63) is 47.0 Å². The highest BCUT2D eigenvalue weighted by atomic mass is 16.5. The fourth-order valence-electron chi connectivity index (χ4n) is 2.88. The predicted octanol–water partition coefficient (Wildman–Crippen LogP) is 2.52. The summed E-state index contributed by atoms with van der Waals surface area (Å²) in [7, 11) is 1.48. The maximum atomic E-state index is 11.3. The van der Waals surface area contributed by atoms with Gasteiger partial charge in [-0.2, -0.15) is 0 Å². The number of ether oxygens (including phenoxy) is 1. The Morgan fingerprint density at radius 3 is 2.95 bits per heavy atom. The lowest BCUT2D eigenvalue weighted by atomic mass is 10.0. The van der Waals surface area contributed by atoms with Crippen molar-refractivity contribution < 1.29 is 14.6 Å². The number of hydrogen-bond acceptors (Lipinski definition) is 3. The average molecular weight is 286 g/mol. The molecule has 1 N–H and O–H groups in total. The SMILES string of the molecule is COc1ccc(Cn2cnc3c2CCCC3)cc1C(=O)O. The fraction of sp³-hybridized carbons (Fsp3) is 0.375. The van der Waals surface area contributed by atoms with Crippen molar-refractivity contribution >= 4 is 5.97 Å². The number of hydrogen-bond donors (Lipinski definition) is 1. The lowest BCUT2D eigenvalue weighted by Gasteiger charge is -2.14. The molecular weight excluding hydrogens is 268 g/mol. The number of aromatic nitrogens is 2. The summed E-state index contributed by atoms with van der Waals surface area (Å²) in [5, 5.41) is 9.24. The van der Waals surface area contributed by atoms with Gasteiger partial charge in [0.15, 0.2) is 0 Å². The van der Waals surface area contributed by atoms with Gasteiger partial charge < -0.3 is 14.4 Å². The first kappa shape index (κ1) is 13.7. The number of nitrogens with zero attached hydrogens (tertiary/aromatic N) is 2. The Morgan fingerprint density at radius 2 is 2.19 bits per heavy atom. The van der Waals surface area contributed by atoms with Crippen molar-refractivity contribution in [1.29, 1.82) is 0 Å². The van der Waals surface area contributed by atoms with Crippen LogP contribution in [0, 0.1) is 0 Å². The molecule has 1 aromatic heterocycles. The maximum Gasteiger partial charge on any atom is 0.339 e. The van der Waals surface area contributed by atoms with Gasteiger partial charge in [0.05, 0.1) is 19.1 Å². The van der Waals surface area contributed by atoms with E-state index in [9.17, 15) is 9.90 Å². The third-order valence-corrected chi connectivity index (χ3v) is 3.96. The predicted molar refractivity (Wildman–Crippen MR) is 77.9 cm³/mol. The molecular formula is C16H18N2O3. The highest BCUT2D eigenvalue weighted by Gasteiger charge is 2.16. The van der Waals surface area contributed by atoms with Crippen molar-refractivity contribution in [3.63, 3.8) is 0 Å². The molecule has 0 amide bonds. The molecule has 5 heteroatoms. The van der Waals surface area contributed by atoms with Crippen LogP contribution in [0.2, 0.25) is 0 Å². The van der Waals surface area contributed by atoms with Gasteiger partial charge in [-0.05, 0) is 43.4 Å². The van der Waals surface area contributed by atoms with Crippen LogP contribution in [0.5, 0.6) is 5.75 Å². The second-order valence-electron chi connectivity index (χ2n) is 5.31. The lowest BCUT2D eigenvalue weighted by molar-refractivity contribution is 0.0693. The third kappa shape index (κ3) is 2.63. The zero-order valence-corrected chi connectivity index (χ0v) is 12.0. The summed E-state index contributed by atoms with van der Waals surface area (Å²) < 4.78 is 7.21. The lowest BCUT2D eigenvalue weighted by Crippen LogP contribution is -2.10. The Bertz CT molecular complexity index is 676. The van der Waals surface area contributed by atoms with Crippen LogP contribution in [-0.4, -0.2) is 27.7 Å². The first-order chi connectivity index (χ1) is 10.2. The Hall–Kier alpha value is -2.30. The number of aromatic carboxylic acids is 1. The van der Waals surface area contributed by atoms with E-state index in [0.717, 1.165) is 18.4 Å². The summed E-state index contributed by atoms with van der Waals surface area (Å²) in [6.45, 7) is 0.645. The maximum absolute atomic E-state index is 11.3. The number of rotatable bonds is 4. The van der Waals surface area contributed by atoms with Crippen LogP contribution in [-0.2, 0) is 19.4 Å². The molecule has 1 aliphatic rings. The minimum absolute atomic E-state index is 0.198. The van der Waals surface area contributed by atoms with Crippen molar-refractivity contribution in [2.24, 2.45) is 0 Å². The van der Waals surface area contributed by atoms with Gasteiger partial charge in [-0.25, -0.2) is 9.78 Å². The van der Waals surface area contributed by atoms with Crippen LogP contribution in [0.15, 0.2) is 24.5 Å². The highest BCUT2D eigenvalue weighted by Crippen LogP contribution is 2.23. The van der Waals surface area contributed by atoms with Gasteiger partial charge in [0, 0.05) is 12.2 Å². The van der Waals surface area contributed by atoms with Crippen LogP contribution in [0.25, 0.3) is 0 Å². The zero-order valence-electron chi connectivity index (χ0n) is 12.0. The summed E-state index contributed by atoms with van der Waals surface area (Å²) in [4.78, 5) is 15.7. The number of aryl methyl sites for hydroxylation is 1. The van der Waals surface area contributed by atoms with Crippen molar-refractivity contribution in [2.45, 2.75) is 32.2 Å². The molecule has 0 bridgehead atoms. The first-order valence-electron chi connectivity index (χ1n) is 7.12. The molecule has 110 valence electrons. The summed E-state index contributed by atoms with van der Waals surface area (Å²) in [5.74, 6) is -0.583. The van der Waals surface area contributed by atoms with Crippen molar-refractivity contribution in [3.8, 4) is 5.75 Å². The number of carboxylic acids is 1. The molecule has 5 nitrogen and oxygen atoms in total. The number of methoxy groups -OCH3 is 1. The second-order valence-corrected chi connectivity index (χ2v) is 5.31. The molecule has 0 atom stereocenters. The van der Waals surface area contributed by atoms with E-state index in [1.165, 1.54) is 31.3 Å². The van der Waals surface area contributed by atoms with E-state index in [2.05, 4.69) is 9.55 Å². The van der Waals surface area contributed by atoms with Crippen molar-refractivity contribution in [1.82, 2.24) is 9.55 Å². The summed E-state index contributed by atoms with van der Waals surface area (Å²) in [6, 6.07) is 5.29.